The fourth-order valence-electron chi connectivity index (χ4n) is 4.39. The van der Waals surface area contributed by atoms with Gasteiger partial charge in [-0.25, -0.2) is 9.37 Å². The number of nitrogens with zero attached hydrogens (tertiary/aromatic N) is 1. The van der Waals surface area contributed by atoms with E-state index in [1.807, 2.05) is 48.5 Å². The van der Waals surface area contributed by atoms with E-state index < -0.39 is 5.91 Å². The number of carbonyl (C=O) groups excluding carboxylic acids is 1. The molecule has 0 saturated heterocycles. The smallest absolute Gasteiger partial charge is 0.249 e. The highest BCUT2D eigenvalue weighted by Gasteiger charge is 2.49. The molecular weight excluding hydrogens is 401 g/mol. The van der Waals surface area contributed by atoms with Crippen LogP contribution in [-0.4, -0.2) is 10.9 Å². The first kappa shape index (κ1) is 19.9. The minimum absolute atomic E-state index is 0.239. The van der Waals surface area contributed by atoms with Crippen molar-refractivity contribution in [2.45, 2.75) is 18.3 Å². The molecule has 1 saturated carbocycles. The van der Waals surface area contributed by atoms with Crippen molar-refractivity contribution in [3.63, 3.8) is 0 Å². The van der Waals surface area contributed by atoms with Gasteiger partial charge in [-0.15, -0.1) is 0 Å². The fourth-order valence-corrected chi connectivity index (χ4v) is 4.39. The number of aromatic nitrogens is 1. The van der Waals surface area contributed by atoms with Gasteiger partial charge in [-0.2, -0.15) is 0 Å². The summed E-state index contributed by atoms with van der Waals surface area (Å²) in [7, 11) is 0. The van der Waals surface area contributed by atoms with Crippen LogP contribution in [0, 0.1) is 5.82 Å². The summed E-state index contributed by atoms with van der Waals surface area (Å²) in [5.41, 5.74) is 10.5. The van der Waals surface area contributed by atoms with E-state index in [9.17, 15) is 9.18 Å². The summed E-state index contributed by atoms with van der Waals surface area (Å²) >= 11 is 0. The Morgan fingerprint density at radius 3 is 2.34 bits per heavy atom. The van der Waals surface area contributed by atoms with E-state index in [1.54, 1.807) is 18.3 Å². The van der Waals surface area contributed by atoms with Gasteiger partial charge in [-0.3, -0.25) is 4.79 Å². The lowest BCUT2D eigenvalue weighted by Gasteiger charge is -2.23. The Hall–Kier alpha value is -3.99. The quantitative estimate of drug-likeness (QED) is 0.411. The van der Waals surface area contributed by atoms with Gasteiger partial charge >= 0.3 is 0 Å². The molecule has 3 aromatic carbocycles. The molecule has 1 aliphatic rings. The SMILES string of the molecule is NC(=O)c1cccc(Nc2ccc(-c3cccc(F)c3)cn2)c1C1(c2ccccc2)CC1. The molecule has 0 spiro atoms. The Bertz CT molecular complexity index is 1280. The first-order valence-corrected chi connectivity index (χ1v) is 10.5. The molecule has 1 aliphatic carbocycles. The van der Waals surface area contributed by atoms with Gasteiger partial charge in [-0.05, 0) is 65.9 Å². The predicted molar refractivity (Wildman–Crippen MR) is 124 cm³/mol. The zero-order chi connectivity index (χ0) is 22.1. The van der Waals surface area contributed by atoms with Crippen molar-refractivity contribution in [1.82, 2.24) is 4.98 Å². The molecule has 5 heteroatoms. The van der Waals surface area contributed by atoms with E-state index in [0.717, 1.165) is 35.2 Å². The van der Waals surface area contributed by atoms with E-state index in [-0.39, 0.29) is 11.2 Å². The Morgan fingerprint density at radius 2 is 1.69 bits per heavy atom. The van der Waals surface area contributed by atoms with Crippen LogP contribution in [0.5, 0.6) is 0 Å². The van der Waals surface area contributed by atoms with Gasteiger partial charge < -0.3 is 11.1 Å². The third kappa shape index (κ3) is 3.62. The number of hydrogen-bond acceptors (Lipinski definition) is 3. The van der Waals surface area contributed by atoms with Crippen LogP contribution in [0.25, 0.3) is 11.1 Å². The Labute approximate surface area is 185 Å². The highest BCUT2D eigenvalue weighted by atomic mass is 19.1. The average molecular weight is 423 g/mol. The Kier molecular flexibility index (Phi) is 4.94. The van der Waals surface area contributed by atoms with Crippen molar-refractivity contribution in [2.75, 3.05) is 5.32 Å². The number of nitrogens with one attached hydrogen (secondary N) is 1. The van der Waals surface area contributed by atoms with Gasteiger partial charge in [0.2, 0.25) is 5.91 Å². The van der Waals surface area contributed by atoms with Gasteiger partial charge in [0.15, 0.2) is 0 Å². The zero-order valence-corrected chi connectivity index (χ0v) is 17.4. The number of benzene rings is 3. The number of nitrogens with two attached hydrogens (primary N) is 1. The zero-order valence-electron chi connectivity index (χ0n) is 17.4. The monoisotopic (exact) mass is 423 g/mol. The lowest BCUT2D eigenvalue weighted by Crippen LogP contribution is -2.21. The standard InChI is InChI=1S/C27H22FN3O/c28-21-9-4-6-18(16-21)19-12-13-24(30-17-19)31-23-11-5-10-22(26(29)32)25(23)27(14-15-27)20-7-2-1-3-8-20/h1-13,16-17H,14-15H2,(H2,29,32)(H,30,31). The summed E-state index contributed by atoms with van der Waals surface area (Å²) in [5, 5.41) is 3.38. The minimum atomic E-state index is -0.444. The van der Waals surface area contributed by atoms with Crippen molar-refractivity contribution >= 4 is 17.4 Å². The topological polar surface area (TPSA) is 68.0 Å². The van der Waals surface area contributed by atoms with E-state index in [2.05, 4.69) is 22.4 Å². The number of hydrogen-bond donors (Lipinski definition) is 2. The summed E-state index contributed by atoms with van der Waals surface area (Å²) in [5.74, 6) is -0.0922. The minimum Gasteiger partial charge on any atom is -0.366 e. The number of amides is 1. The van der Waals surface area contributed by atoms with Crippen molar-refractivity contribution in [3.05, 3.63) is 114 Å². The summed E-state index contributed by atoms with van der Waals surface area (Å²) in [6.07, 6.45) is 3.60. The number of anilines is 2. The molecule has 3 N–H and O–H groups in total. The van der Waals surface area contributed by atoms with E-state index >= 15 is 0 Å². The highest BCUT2D eigenvalue weighted by molar-refractivity contribution is 5.97. The molecule has 0 aliphatic heterocycles. The van der Waals surface area contributed by atoms with Gasteiger partial charge in [-0.1, -0.05) is 48.5 Å². The first-order valence-electron chi connectivity index (χ1n) is 10.5. The van der Waals surface area contributed by atoms with E-state index in [1.165, 1.54) is 17.7 Å². The summed E-state index contributed by atoms with van der Waals surface area (Å²) in [6.45, 7) is 0. The molecule has 158 valence electrons. The molecule has 0 unspecified atom stereocenters. The molecular formula is C27H22FN3O. The molecule has 4 nitrogen and oxygen atoms in total. The number of halogens is 1. The predicted octanol–water partition coefficient (Wildman–Crippen LogP) is 5.81. The second kappa shape index (κ2) is 7.93. The fraction of sp³-hybridized carbons (Fsp3) is 0.111. The number of carbonyl (C=O) groups is 1. The van der Waals surface area contributed by atoms with Crippen LogP contribution in [0.15, 0.2) is 91.1 Å². The Morgan fingerprint density at radius 1 is 0.906 bits per heavy atom. The third-order valence-corrected chi connectivity index (χ3v) is 6.07. The number of pyridine rings is 1. The van der Waals surface area contributed by atoms with Crippen LogP contribution in [-0.2, 0) is 5.41 Å². The van der Waals surface area contributed by atoms with Crippen LogP contribution in [0.4, 0.5) is 15.9 Å². The maximum atomic E-state index is 13.6. The molecule has 1 heterocycles. The van der Waals surface area contributed by atoms with Crippen LogP contribution >= 0.6 is 0 Å². The first-order chi connectivity index (χ1) is 15.6. The summed E-state index contributed by atoms with van der Waals surface area (Å²) in [6, 6.07) is 25.9. The van der Waals surface area contributed by atoms with Crippen LogP contribution in [0.2, 0.25) is 0 Å². The van der Waals surface area contributed by atoms with Crippen LogP contribution < -0.4 is 11.1 Å². The molecule has 1 aromatic heterocycles. The summed E-state index contributed by atoms with van der Waals surface area (Å²) in [4.78, 5) is 16.8. The van der Waals surface area contributed by atoms with Gasteiger partial charge in [0.25, 0.3) is 0 Å². The lowest BCUT2D eigenvalue weighted by atomic mass is 9.83. The molecule has 5 rings (SSSR count). The van der Waals surface area contributed by atoms with Gasteiger partial charge in [0.1, 0.15) is 11.6 Å². The molecule has 32 heavy (non-hydrogen) atoms. The normalized spacial score (nSPS) is 14.0. The second-order valence-corrected chi connectivity index (χ2v) is 8.11. The number of rotatable bonds is 6. The van der Waals surface area contributed by atoms with Crippen molar-refractivity contribution in [1.29, 1.82) is 0 Å². The van der Waals surface area contributed by atoms with Crippen molar-refractivity contribution in [2.24, 2.45) is 5.73 Å². The molecule has 0 atom stereocenters. The molecule has 0 bridgehead atoms. The average Bonchev–Trinajstić information content (AvgIpc) is 3.62. The molecule has 1 amide bonds. The van der Waals surface area contributed by atoms with E-state index in [4.69, 9.17) is 5.73 Å². The van der Waals surface area contributed by atoms with E-state index in [0.29, 0.717) is 11.4 Å². The third-order valence-electron chi connectivity index (χ3n) is 6.07. The van der Waals surface area contributed by atoms with Gasteiger partial charge in [0, 0.05) is 28.4 Å². The van der Waals surface area contributed by atoms with Crippen molar-refractivity contribution < 1.29 is 9.18 Å². The summed E-state index contributed by atoms with van der Waals surface area (Å²) < 4.78 is 13.6. The van der Waals surface area contributed by atoms with Crippen LogP contribution in [0.3, 0.4) is 0 Å². The maximum Gasteiger partial charge on any atom is 0.249 e. The molecule has 0 radical (unpaired) electrons. The van der Waals surface area contributed by atoms with Crippen molar-refractivity contribution in [3.8, 4) is 11.1 Å². The molecule has 1 fully saturated rings. The number of primary amides is 1. The largest absolute Gasteiger partial charge is 0.366 e. The second-order valence-electron chi connectivity index (χ2n) is 8.11. The maximum absolute atomic E-state index is 13.6. The van der Waals surface area contributed by atoms with Crippen LogP contribution in [0.1, 0.15) is 34.3 Å². The highest BCUT2D eigenvalue weighted by Crippen LogP contribution is 2.56. The Balaban J connectivity index is 1.52. The van der Waals surface area contributed by atoms with Gasteiger partial charge in [0.05, 0.1) is 0 Å². The lowest BCUT2D eigenvalue weighted by molar-refractivity contribution is 0.0999. The molecule has 4 aromatic rings.